The molecule has 1 unspecified atom stereocenters. The first-order valence-corrected chi connectivity index (χ1v) is 7.44. The van der Waals surface area contributed by atoms with Crippen molar-refractivity contribution in [2.75, 3.05) is 13.2 Å². The number of aromatic nitrogens is 2. The number of unbranched alkanes of at least 4 members (excludes halogenated alkanes) is 1. The standard InChI is InChI=1S/C14H20FN3O4/c1-2-3-6-16-11(19)9-18-13(20)10(15)8-17(14(18)21)12-5-4-7-22-12/h8,12H,2-7,9H2,1H3,(H,16,19). The van der Waals surface area contributed by atoms with E-state index in [9.17, 15) is 18.8 Å². The number of halogens is 1. The summed E-state index contributed by atoms with van der Waals surface area (Å²) in [4.78, 5) is 35.8. The number of amides is 1. The molecule has 0 radical (unpaired) electrons. The van der Waals surface area contributed by atoms with E-state index < -0.39 is 35.7 Å². The zero-order chi connectivity index (χ0) is 16.1. The molecule has 1 aliphatic heterocycles. The maximum atomic E-state index is 13.7. The van der Waals surface area contributed by atoms with Gasteiger partial charge in [-0.25, -0.2) is 9.36 Å². The van der Waals surface area contributed by atoms with Crippen molar-refractivity contribution in [2.24, 2.45) is 0 Å². The molecule has 1 aromatic heterocycles. The Morgan fingerprint density at radius 3 is 2.91 bits per heavy atom. The molecule has 8 heteroatoms. The van der Waals surface area contributed by atoms with Crippen LogP contribution in [0.5, 0.6) is 0 Å². The fraction of sp³-hybridized carbons (Fsp3) is 0.643. The third-order valence-corrected chi connectivity index (χ3v) is 3.52. The van der Waals surface area contributed by atoms with Gasteiger partial charge < -0.3 is 10.1 Å². The Balaban J connectivity index is 2.24. The molecule has 1 aromatic rings. The summed E-state index contributed by atoms with van der Waals surface area (Å²) < 4.78 is 20.7. The normalized spacial score (nSPS) is 17.6. The van der Waals surface area contributed by atoms with Gasteiger partial charge in [-0.1, -0.05) is 13.3 Å². The van der Waals surface area contributed by atoms with E-state index in [1.165, 1.54) is 0 Å². The molecule has 22 heavy (non-hydrogen) atoms. The molecule has 1 fully saturated rings. The lowest BCUT2D eigenvalue weighted by atomic mass is 10.3. The topological polar surface area (TPSA) is 82.3 Å². The van der Waals surface area contributed by atoms with Crippen LogP contribution in [-0.4, -0.2) is 28.2 Å². The van der Waals surface area contributed by atoms with Gasteiger partial charge in [0.1, 0.15) is 12.8 Å². The van der Waals surface area contributed by atoms with Gasteiger partial charge in [0.25, 0.3) is 5.56 Å². The van der Waals surface area contributed by atoms with Crippen LogP contribution in [0, 0.1) is 5.82 Å². The van der Waals surface area contributed by atoms with Gasteiger partial charge in [-0.15, -0.1) is 0 Å². The molecule has 7 nitrogen and oxygen atoms in total. The van der Waals surface area contributed by atoms with Crippen LogP contribution in [0.1, 0.15) is 38.8 Å². The Labute approximate surface area is 126 Å². The highest BCUT2D eigenvalue weighted by molar-refractivity contribution is 5.75. The molecule has 0 bridgehead atoms. The van der Waals surface area contributed by atoms with Gasteiger partial charge in [0, 0.05) is 13.2 Å². The maximum Gasteiger partial charge on any atom is 0.333 e. The Hall–Kier alpha value is -1.96. The summed E-state index contributed by atoms with van der Waals surface area (Å²) in [7, 11) is 0. The quantitative estimate of drug-likeness (QED) is 0.770. The van der Waals surface area contributed by atoms with Crippen molar-refractivity contribution in [1.82, 2.24) is 14.5 Å². The summed E-state index contributed by atoms with van der Waals surface area (Å²) in [5.41, 5.74) is -1.83. The second kappa shape index (κ2) is 7.35. The van der Waals surface area contributed by atoms with Gasteiger partial charge >= 0.3 is 5.69 Å². The van der Waals surface area contributed by atoms with Crippen LogP contribution in [0.15, 0.2) is 15.8 Å². The molecule has 0 aromatic carbocycles. The number of hydrogen-bond donors (Lipinski definition) is 1. The lowest BCUT2D eigenvalue weighted by molar-refractivity contribution is -0.121. The fourth-order valence-corrected chi connectivity index (χ4v) is 2.32. The minimum atomic E-state index is -1.09. The average molecular weight is 313 g/mol. The number of hydrogen-bond acceptors (Lipinski definition) is 4. The van der Waals surface area contributed by atoms with E-state index in [2.05, 4.69) is 5.32 Å². The highest BCUT2D eigenvalue weighted by Gasteiger charge is 2.22. The van der Waals surface area contributed by atoms with Crippen molar-refractivity contribution in [2.45, 2.75) is 45.4 Å². The van der Waals surface area contributed by atoms with E-state index in [1.54, 1.807) is 0 Å². The lowest BCUT2D eigenvalue weighted by Crippen LogP contribution is -2.45. The first-order chi connectivity index (χ1) is 10.5. The van der Waals surface area contributed by atoms with Gasteiger partial charge in [-0.2, -0.15) is 4.39 Å². The van der Waals surface area contributed by atoms with Crippen LogP contribution in [0.4, 0.5) is 4.39 Å². The number of nitrogens with zero attached hydrogens (tertiary/aromatic N) is 2. The lowest BCUT2D eigenvalue weighted by Gasteiger charge is -2.15. The van der Waals surface area contributed by atoms with E-state index in [0.717, 1.165) is 30.0 Å². The smallest absolute Gasteiger partial charge is 0.333 e. The molecule has 2 heterocycles. The zero-order valence-electron chi connectivity index (χ0n) is 12.5. The molecule has 1 atom stereocenters. The zero-order valence-corrected chi connectivity index (χ0v) is 12.5. The van der Waals surface area contributed by atoms with Gasteiger partial charge in [-0.05, 0) is 19.3 Å². The Morgan fingerprint density at radius 2 is 2.27 bits per heavy atom. The monoisotopic (exact) mass is 313 g/mol. The minimum absolute atomic E-state index is 0.458. The molecule has 1 amide bonds. The number of carbonyl (C=O) groups excluding carboxylic acids is 1. The summed E-state index contributed by atoms with van der Waals surface area (Å²) in [6.45, 7) is 2.42. The molecule has 2 rings (SSSR count). The molecule has 1 aliphatic rings. The van der Waals surface area contributed by atoms with Crippen LogP contribution < -0.4 is 16.6 Å². The van der Waals surface area contributed by atoms with Crippen molar-refractivity contribution in [3.05, 3.63) is 32.9 Å². The predicted octanol–water partition coefficient (Wildman–Crippen LogP) is 0.374. The predicted molar refractivity (Wildman–Crippen MR) is 77.1 cm³/mol. The van der Waals surface area contributed by atoms with Gasteiger partial charge in [0.2, 0.25) is 11.7 Å². The molecular weight excluding hydrogens is 293 g/mol. The van der Waals surface area contributed by atoms with Crippen molar-refractivity contribution in [3.63, 3.8) is 0 Å². The van der Waals surface area contributed by atoms with Crippen LogP contribution in [-0.2, 0) is 16.1 Å². The third-order valence-electron chi connectivity index (χ3n) is 3.52. The Kier molecular flexibility index (Phi) is 5.48. The van der Waals surface area contributed by atoms with Gasteiger partial charge in [0.15, 0.2) is 0 Å². The number of rotatable bonds is 6. The summed E-state index contributed by atoms with van der Waals surface area (Å²) in [6.07, 6.45) is 3.30. The first-order valence-electron chi connectivity index (χ1n) is 7.44. The van der Waals surface area contributed by atoms with Crippen molar-refractivity contribution >= 4 is 5.91 Å². The summed E-state index contributed by atoms with van der Waals surface area (Å²) in [5.74, 6) is -1.56. The maximum absolute atomic E-state index is 13.7. The summed E-state index contributed by atoms with van der Waals surface area (Å²) in [5, 5.41) is 2.59. The minimum Gasteiger partial charge on any atom is -0.358 e. The van der Waals surface area contributed by atoms with E-state index >= 15 is 0 Å². The van der Waals surface area contributed by atoms with E-state index in [-0.39, 0.29) is 0 Å². The third kappa shape index (κ3) is 3.62. The molecule has 122 valence electrons. The van der Waals surface area contributed by atoms with Crippen LogP contribution >= 0.6 is 0 Å². The Morgan fingerprint density at radius 1 is 1.50 bits per heavy atom. The SMILES string of the molecule is CCCCNC(=O)Cn1c(=O)c(F)cn(C2CCCO2)c1=O. The molecule has 1 saturated heterocycles. The second-order valence-electron chi connectivity index (χ2n) is 5.23. The number of carbonyl (C=O) groups is 1. The highest BCUT2D eigenvalue weighted by Crippen LogP contribution is 2.20. The second-order valence-corrected chi connectivity index (χ2v) is 5.23. The summed E-state index contributed by atoms with van der Waals surface area (Å²) >= 11 is 0. The van der Waals surface area contributed by atoms with Crippen LogP contribution in [0.25, 0.3) is 0 Å². The Bertz CT molecular complexity index is 646. The molecule has 0 aliphatic carbocycles. The number of nitrogens with one attached hydrogen (secondary N) is 1. The number of ether oxygens (including phenoxy) is 1. The highest BCUT2D eigenvalue weighted by atomic mass is 19.1. The summed E-state index contributed by atoms with van der Waals surface area (Å²) in [6, 6.07) is 0. The molecule has 0 spiro atoms. The van der Waals surface area contributed by atoms with Crippen molar-refractivity contribution in [3.8, 4) is 0 Å². The fourth-order valence-electron chi connectivity index (χ4n) is 2.32. The van der Waals surface area contributed by atoms with Crippen LogP contribution in [0.3, 0.4) is 0 Å². The largest absolute Gasteiger partial charge is 0.358 e. The van der Waals surface area contributed by atoms with E-state index in [4.69, 9.17) is 4.74 Å². The molecular formula is C14H20FN3O4. The molecule has 1 N–H and O–H groups in total. The van der Waals surface area contributed by atoms with Crippen molar-refractivity contribution < 1.29 is 13.9 Å². The van der Waals surface area contributed by atoms with Crippen molar-refractivity contribution in [1.29, 1.82) is 0 Å². The van der Waals surface area contributed by atoms with E-state index in [1.807, 2.05) is 6.92 Å². The van der Waals surface area contributed by atoms with Gasteiger partial charge in [0.05, 0.1) is 6.20 Å². The van der Waals surface area contributed by atoms with Crippen LogP contribution in [0.2, 0.25) is 0 Å². The van der Waals surface area contributed by atoms with Gasteiger partial charge in [-0.3, -0.25) is 14.2 Å². The first kappa shape index (κ1) is 16.4. The van der Waals surface area contributed by atoms with E-state index in [0.29, 0.717) is 24.1 Å². The molecule has 0 saturated carbocycles. The average Bonchev–Trinajstić information content (AvgIpc) is 3.02.